The Morgan fingerprint density at radius 3 is 2.60 bits per heavy atom. The van der Waals surface area contributed by atoms with Gasteiger partial charge in [-0.25, -0.2) is 4.98 Å². The first-order valence-corrected chi connectivity index (χ1v) is 7.68. The number of methoxy groups -OCH3 is 2. The fourth-order valence-corrected chi connectivity index (χ4v) is 2.42. The van der Waals surface area contributed by atoms with Crippen LogP contribution in [-0.4, -0.2) is 42.7 Å². The van der Waals surface area contributed by atoms with Crippen molar-refractivity contribution in [3.05, 3.63) is 53.7 Å². The maximum atomic E-state index is 12.3. The number of nitrogens with one attached hydrogen (secondary N) is 1. The number of hydrogen-bond acceptors (Lipinski definition) is 5. The van der Waals surface area contributed by atoms with E-state index in [4.69, 9.17) is 9.47 Å². The summed E-state index contributed by atoms with van der Waals surface area (Å²) in [6.07, 6.45) is 1.75. The normalized spacial score (nSPS) is 11.4. The largest absolute Gasteiger partial charge is 0.496 e. The summed E-state index contributed by atoms with van der Waals surface area (Å²) in [6.45, 7) is -0.0235. The molecule has 0 saturated carbocycles. The number of carbonyl (C=O) groups excluding carboxylic acids is 1. The van der Waals surface area contributed by atoms with Gasteiger partial charge in [-0.2, -0.15) is 0 Å². The number of hydrogen-bond donors (Lipinski definition) is 2. The number of benzene rings is 1. The average Bonchev–Trinajstić information content (AvgIpc) is 2.64. The van der Waals surface area contributed by atoms with Crippen LogP contribution in [-0.2, 0) is 11.2 Å². The maximum Gasteiger partial charge on any atom is 0.308 e. The Labute approximate surface area is 145 Å². The van der Waals surface area contributed by atoms with Crippen molar-refractivity contribution >= 4 is 11.9 Å². The van der Waals surface area contributed by atoms with E-state index in [1.54, 1.807) is 24.3 Å². The molecule has 0 aliphatic rings. The van der Waals surface area contributed by atoms with E-state index in [1.807, 2.05) is 12.1 Å². The van der Waals surface area contributed by atoms with Gasteiger partial charge in [0, 0.05) is 12.7 Å². The van der Waals surface area contributed by atoms with Crippen LogP contribution in [0.1, 0.15) is 15.9 Å². The number of para-hydroxylation sites is 1. The molecule has 7 nitrogen and oxygen atoms in total. The number of pyridine rings is 1. The zero-order chi connectivity index (χ0) is 18.2. The number of carboxylic acids is 1. The molecule has 0 radical (unpaired) electrons. The van der Waals surface area contributed by atoms with E-state index >= 15 is 0 Å². The summed E-state index contributed by atoms with van der Waals surface area (Å²) in [6, 6.07) is 10.4. The second-order valence-electron chi connectivity index (χ2n) is 5.32. The molecule has 1 atom stereocenters. The first kappa shape index (κ1) is 18.3. The zero-order valence-electron chi connectivity index (χ0n) is 14.1. The van der Waals surface area contributed by atoms with Crippen molar-refractivity contribution in [3.8, 4) is 11.6 Å². The summed E-state index contributed by atoms with van der Waals surface area (Å²) < 4.78 is 10.3. The van der Waals surface area contributed by atoms with Crippen molar-refractivity contribution in [2.45, 2.75) is 6.42 Å². The summed E-state index contributed by atoms with van der Waals surface area (Å²) in [5, 5.41) is 12.1. The van der Waals surface area contributed by atoms with Gasteiger partial charge < -0.3 is 19.9 Å². The Morgan fingerprint density at radius 2 is 1.92 bits per heavy atom. The van der Waals surface area contributed by atoms with E-state index in [9.17, 15) is 14.7 Å². The van der Waals surface area contributed by atoms with Gasteiger partial charge in [0.25, 0.3) is 5.91 Å². The fraction of sp³-hybridized carbons (Fsp3) is 0.278. The van der Waals surface area contributed by atoms with Crippen molar-refractivity contribution in [1.29, 1.82) is 0 Å². The van der Waals surface area contributed by atoms with E-state index in [1.165, 1.54) is 20.4 Å². The Morgan fingerprint density at radius 1 is 1.16 bits per heavy atom. The molecule has 1 aromatic heterocycles. The van der Waals surface area contributed by atoms with Gasteiger partial charge in [0.2, 0.25) is 5.88 Å². The molecular weight excluding hydrogens is 324 g/mol. The number of aliphatic carboxylic acids is 1. The van der Waals surface area contributed by atoms with Crippen molar-refractivity contribution in [2.75, 3.05) is 20.8 Å². The first-order valence-electron chi connectivity index (χ1n) is 7.68. The number of carbonyl (C=O) groups is 2. The molecule has 1 heterocycles. The summed E-state index contributed by atoms with van der Waals surface area (Å²) >= 11 is 0. The van der Waals surface area contributed by atoms with E-state index in [0.717, 1.165) is 5.56 Å². The number of amides is 1. The van der Waals surface area contributed by atoms with Gasteiger partial charge in [-0.1, -0.05) is 18.2 Å². The molecule has 0 fully saturated rings. The molecule has 0 saturated heterocycles. The van der Waals surface area contributed by atoms with Crippen LogP contribution in [0.5, 0.6) is 11.6 Å². The van der Waals surface area contributed by atoms with Crippen molar-refractivity contribution in [3.63, 3.8) is 0 Å². The van der Waals surface area contributed by atoms with Crippen LogP contribution in [0.2, 0.25) is 0 Å². The van der Waals surface area contributed by atoms with Crippen molar-refractivity contribution in [2.24, 2.45) is 5.92 Å². The number of aromatic nitrogens is 1. The number of nitrogens with zero attached hydrogens (tertiary/aromatic N) is 1. The maximum absolute atomic E-state index is 12.3. The van der Waals surface area contributed by atoms with Crippen LogP contribution in [0.3, 0.4) is 0 Å². The van der Waals surface area contributed by atoms with Crippen molar-refractivity contribution in [1.82, 2.24) is 10.3 Å². The molecule has 7 heteroatoms. The minimum absolute atomic E-state index is 0.0235. The zero-order valence-corrected chi connectivity index (χ0v) is 14.1. The Bertz CT molecular complexity index is 748. The molecule has 0 aliphatic heterocycles. The van der Waals surface area contributed by atoms with Gasteiger partial charge >= 0.3 is 5.97 Å². The minimum atomic E-state index is -0.996. The Balaban J connectivity index is 2.07. The number of rotatable bonds is 8. The highest BCUT2D eigenvalue weighted by molar-refractivity contribution is 5.96. The number of carboxylic acid groups (broad SMARTS) is 1. The molecule has 0 aliphatic carbocycles. The van der Waals surface area contributed by atoms with Crippen LogP contribution in [0.25, 0.3) is 0 Å². The molecule has 1 aromatic carbocycles. The lowest BCUT2D eigenvalue weighted by Crippen LogP contribution is -2.34. The standard InChI is InChI=1S/C18H20N2O5/c1-24-15-8-4-3-6-12(15)10-13(18(22)23)11-20-16(21)14-7-5-9-19-17(14)25-2/h3-9,13H,10-11H2,1-2H3,(H,20,21)(H,22,23). The monoisotopic (exact) mass is 344 g/mol. The van der Waals surface area contributed by atoms with Crippen LogP contribution in [0.15, 0.2) is 42.6 Å². The predicted octanol–water partition coefficient (Wildman–Crippen LogP) is 1.77. The molecule has 1 unspecified atom stereocenters. The van der Waals surface area contributed by atoms with Crippen LogP contribution in [0, 0.1) is 5.92 Å². The van der Waals surface area contributed by atoms with E-state index in [-0.39, 0.29) is 24.4 Å². The Kier molecular flexibility index (Phi) is 6.33. The molecule has 2 rings (SSSR count). The Hall–Kier alpha value is -3.09. The molecule has 2 N–H and O–H groups in total. The van der Waals surface area contributed by atoms with Gasteiger partial charge in [0.1, 0.15) is 11.3 Å². The first-order chi connectivity index (χ1) is 12.1. The van der Waals surface area contributed by atoms with E-state index in [2.05, 4.69) is 10.3 Å². The average molecular weight is 344 g/mol. The molecular formula is C18H20N2O5. The molecule has 1 amide bonds. The third-order valence-corrected chi connectivity index (χ3v) is 3.73. The lowest BCUT2D eigenvalue weighted by atomic mass is 9.98. The summed E-state index contributed by atoms with van der Waals surface area (Å²) in [5.41, 5.74) is 1.03. The minimum Gasteiger partial charge on any atom is -0.496 e. The summed E-state index contributed by atoms with van der Waals surface area (Å²) in [4.78, 5) is 27.8. The SMILES string of the molecule is COc1ccccc1CC(CNC(=O)c1cccnc1OC)C(=O)O. The van der Waals surface area contributed by atoms with Gasteiger partial charge in [0.05, 0.1) is 20.1 Å². The third-order valence-electron chi connectivity index (χ3n) is 3.73. The van der Waals surface area contributed by atoms with Gasteiger partial charge in [0.15, 0.2) is 0 Å². The van der Waals surface area contributed by atoms with E-state index in [0.29, 0.717) is 5.75 Å². The summed E-state index contributed by atoms with van der Waals surface area (Å²) in [7, 11) is 2.95. The highest BCUT2D eigenvalue weighted by Gasteiger charge is 2.22. The topological polar surface area (TPSA) is 97.8 Å². The molecule has 2 aromatic rings. The second kappa shape index (κ2) is 8.68. The molecule has 25 heavy (non-hydrogen) atoms. The highest BCUT2D eigenvalue weighted by Crippen LogP contribution is 2.21. The van der Waals surface area contributed by atoms with Gasteiger partial charge in [-0.05, 0) is 30.2 Å². The highest BCUT2D eigenvalue weighted by atomic mass is 16.5. The molecule has 0 spiro atoms. The second-order valence-corrected chi connectivity index (χ2v) is 5.32. The summed E-state index contributed by atoms with van der Waals surface area (Å²) in [5.74, 6) is -1.41. The predicted molar refractivity (Wildman–Crippen MR) is 90.9 cm³/mol. The number of ether oxygens (including phenoxy) is 2. The van der Waals surface area contributed by atoms with Gasteiger partial charge in [-0.3, -0.25) is 9.59 Å². The van der Waals surface area contributed by atoms with E-state index < -0.39 is 17.8 Å². The van der Waals surface area contributed by atoms with Crippen molar-refractivity contribution < 1.29 is 24.2 Å². The molecule has 0 bridgehead atoms. The lowest BCUT2D eigenvalue weighted by molar-refractivity contribution is -0.141. The van der Waals surface area contributed by atoms with Crippen LogP contribution in [0.4, 0.5) is 0 Å². The molecule has 132 valence electrons. The van der Waals surface area contributed by atoms with Gasteiger partial charge in [-0.15, -0.1) is 0 Å². The quantitative estimate of drug-likeness (QED) is 0.757. The fourth-order valence-electron chi connectivity index (χ4n) is 2.42. The van der Waals surface area contributed by atoms with Crippen LogP contribution >= 0.6 is 0 Å². The third kappa shape index (κ3) is 4.69. The smallest absolute Gasteiger partial charge is 0.308 e. The van der Waals surface area contributed by atoms with Crippen LogP contribution < -0.4 is 14.8 Å². The lowest BCUT2D eigenvalue weighted by Gasteiger charge is -2.16.